The zero-order chi connectivity index (χ0) is 16.5. The van der Waals surface area contributed by atoms with Gasteiger partial charge < -0.3 is 14.7 Å². The van der Waals surface area contributed by atoms with Crippen LogP contribution >= 0.6 is 11.6 Å². The lowest BCUT2D eigenvalue weighted by atomic mass is 9.84. The molecule has 6 heteroatoms. The van der Waals surface area contributed by atoms with Gasteiger partial charge in [-0.25, -0.2) is 9.18 Å². The Labute approximate surface area is 134 Å². The number of aliphatic hydroxyl groups is 1. The van der Waals surface area contributed by atoms with Crippen molar-refractivity contribution < 1.29 is 19.0 Å². The molecule has 1 saturated heterocycles. The van der Waals surface area contributed by atoms with E-state index in [2.05, 4.69) is 0 Å². The van der Waals surface area contributed by atoms with Gasteiger partial charge in [0.25, 0.3) is 0 Å². The van der Waals surface area contributed by atoms with Crippen LogP contribution in [-0.4, -0.2) is 34.8 Å². The molecule has 1 aromatic rings. The molecule has 1 amide bonds. The first-order valence-electron chi connectivity index (χ1n) is 7.27. The maximum absolute atomic E-state index is 14.0. The lowest BCUT2D eigenvalue weighted by Crippen LogP contribution is -2.47. The molecule has 0 atom stereocenters. The maximum Gasteiger partial charge on any atom is 0.410 e. The highest BCUT2D eigenvalue weighted by molar-refractivity contribution is 6.30. The van der Waals surface area contributed by atoms with Gasteiger partial charge in [0, 0.05) is 23.7 Å². The van der Waals surface area contributed by atoms with E-state index in [4.69, 9.17) is 16.3 Å². The lowest BCUT2D eigenvalue weighted by Gasteiger charge is -2.39. The molecule has 1 aromatic carbocycles. The van der Waals surface area contributed by atoms with Crippen molar-refractivity contribution in [2.24, 2.45) is 0 Å². The van der Waals surface area contributed by atoms with Crippen LogP contribution in [0.3, 0.4) is 0 Å². The van der Waals surface area contributed by atoms with E-state index in [1.165, 1.54) is 17.0 Å². The molecule has 122 valence electrons. The predicted octanol–water partition coefficient (Wildman–Crippen LogP) is 3.70. The van der Waals surface area contributed by atoms with Crippen molar-refractivity contribution in [3.63, 3.8) is 0 Å². The highest BCUT2D eigenvalue weighted by Gasteiger charge is 2.38. The summed E-state index contributed by atoms with van der Waals surface area (Å²) in [6.45, 7) is 6.03. The number of rotatable bonds is 1. The first-order valence-corrected chi connectivity index (χ1v) is 7.64. The Morgan fingerprint density at radius 3 is 2.45 bits per heavy atom. The number of halogens is 2. The number of nitrogens with zero attached hydrogens (tertiary/aromatic N) is 1. The van der Waals surface area contributed by atoms with E-state index < -0.39 is 23.1 Å². The van der Waals surface area contributed by atoms with E-state index >= 15 is 0 Å². The molecule has 0 bridgehead atoms. The fraction of sp³-hybridized carbons (Fsp3) is 0.562. The topological polar surface area (TPSA) is 49.8 Å². The second-order valence-electron chi connectivity index (χ2n) is 6.62. The molecule has 22 heavy (non-hydrogen) atoms. The first-order chi connectivity index (χ1) is 10.1. The van der Waals surface area contributed by atoms with Gasteiger partial charge in [0.15, 0.2) is 0 Å². The van der Waals surface area contributed by atoms with Crippen LogP contribution in [0.5, 0.6) is 0 Å². The number of ether oxygens (including phenoxy) is 1. The number of amides is 1. The molecule has 0 radical (unpaired) electrons. The molecule has 0 saturated carbocycles. The summed E-state index contributed by atoms with van der Waals surface area (Å²) in [6, 6.07) is 4.24. The van der Waals surface area contributed by atoms with Gasteiger partial charge in [0.1, 0.15) is 11.4 Å². The summed E-state index contributed by atoms with van der Waals surface area (Å²) < 4.78 is 19.3. The average molecular weight is 330 g/mol. The van der Waals surface area contributed by atoms with Gasteiger partial charge in [-0.1, -0.05) is 17.7 Å². The van der Waals surface area contributed by atoms with Crippen LogP contribution in [-0.2, 0) is 10.3 Å². The van der Waals surface area contributed by atoms with Gasteiger partial charge >= 0.3 is 6.09 Å². The van der Waals surface area contributed by atoms with Gasteiger partial charge in [0.05, 0.1) is 5.60 Å². The van der Waals surface area contributed by atoms with E-state index in [1.807, 2.05) is 0 Å². The molecule has 0 aromatic heterocycles. The Bertz CT molecular complexity index is 563. The van der Waals surface area contributed by atoms with Crippen molar-refractivity contribution in [2.75, 3.05) is 13.1 Å². The molecule has 1 fully saturated rings. The minimum absolute atomic E-state index is 0.223. The van der Waals surface area contributed by atoms with Crippen LogP contribution < -0.4 is 0 Å². The quantitative estimate of drug-likeness (QED) is 0.854. The molecule has 1 aliphatic heterocycles. The summed E-state index contributed by atoms with van der Waals surface area (Å²) in [7, 11) is 0. The van der Waals surface area contributed by atoms with Crippen molar-refractivity contribution in [3.05, 3.63) is 34.6 Å². The summed E-state index contributed by atoms with van der Waals surface area (Å²) in [5.74, 6) is -0.527. The number of piperidine rings is 1. The Morgan fingerprint density at radius 1 is 1.36 bits per heavy atom. The van der Waals surface area contributed by atoms with Crippen molar-refractivity contribution in [3.8, 4) is 0 Å². The van der Waals surface area contributed by atoms with Crippen molar-refractivity contribution in [1.82, 2.24) is 4.90 Å². The molecular formula is C16H21ClFNO3. The number of benzene rings is 1. The molecule has 1 aliphatic rings. The normalized spacial score (nSPS) is 18.2. The van der Waals surface area contributed by atoms with Crippen LogP contribution in [0.1, 0.15) is 39.2 Å². The van der Waals surface area contributed by atoms with Crippen LogP contribution in [0.15, 0.2) is 18.2 Å². The third-order valence-electron chi connectivity index (χ3n) is 3.67. The van der Waals surface area contributed by atoms with Gasteiger partial charge in [-0.15, -0.1) is 0 Å². The van der Waals surface area contributed by atoms with E-state index in [0.29, 0.717) is 13.1 Å². The zero-order valence-electron chi connectivity index (χ0n) is 13.0. The SMILES string of the molecule is CC(C)(C)OC(=O)N1CCC(O)(c2ccc(Cl)cc2F)CC1. The predicted molar refractivity (Wildman–Crippen MR) is 82.3 cm³/mol. The third-order valence-corrected chi connectivity index (χ3v) is 3.91. The van der Waals surface area contributed by atoms with E-state index in [0.717, 1.165) is 0 Å². The third kappa shape index (κ3) is 3.90. The Morgan fingerprint density at radius 2 is 1.95 bits per heavy atom. The Balaban J connectivity index is 2.06. The molecule has 0 unspecified atom stereocenters. The summed E-state index contributed by atoms with van der Waals surface area (Å²) in [4.78, 5) is 13.5. The standard InChI is InChI=1S/C16H21ClFNO3/c1-15(2,3)22-14(20)19-8-6-16(21,7-9-19)12-5-4-11(17)10-13(12)18/h4-5,10,21H,6-9H2,1-3H3. The Hall–Kier alpha value is -1.33. The second-order valence-corrected chi connectivity index (χ2v) is 7.06. The summed E-state index contributed by atoms with van der Waals surface area (Å²) in [5.41, 5.74) is -1.62. The van der Waals surface area contributed by atoms with Gasteiger partial charge in [-0.05, 0) is 45.7 Å². The number of hydrogen-bond acceptors (Lipinski definition) is 3. The van der Waals surface area contributed by atoms with Gasteiger partial charge in [0.2, 0.25) is 0 Å². The highest BCUT2D eigenvalue weighted by Crippen LogP contribution is 2.35. The lowest BCUT2D eigenvalue weighted by molar-refractivity contribution is -0.0374. The number of carbonyl (C=O) groups is 1. The molecule has 0 spiro atoms. The summed E-state index contributed by atoms with van der Waals surface area (Å²) in [5, 5.41) is 11.0. The summed E-state index contributed by atoms with van der Waals surface area (Å²) >= 11 is 5.74. The fourth-order valence-corrected chi connectivity index (χ4v) is 2.68. The van der Waals surface area contributed by atoms with Crippen LogP contribution in [0, 0.1) is 5.82 Å². The van der Waals surface area contributed by atoms with Crippen molar-refractivity contribution >= 4 is 17.7 Å². The van der Waals surface area contributed by atoms with Crippen LogP contribution in [0.4, 0.5) is 9.18 Å². The number of carbonyl (C=O) groups excluding carboxylic acids is 1. The van der Waals surface area contributed by atoms with Crippen LogP contribution in [0.2, 0.25) is 5.02 Å². The molecular weight excluding hydrogens is 309 g/mol. The van der Waals surface area contributed by atoms with Crippen LogP contribution in [0.25, 0.3) is 0 Å². The maximum atomic E-state index is 14.0. The molecule has 1 N–H and O–H groups in total. The monoisotopic (exact) mass is 329 g/mol. The number of likely N-dealkylation sites (tertiary alicyclic amines) is 1. The average Bonchev–Trinajstić information content (AvgIpc) is 2.36. The highest BCUT2D eigenvalue weighted by atomic mass is 35.5. The molecule has 1 heterocycles. The largest absolute Gasteiger partial charge is 0.444 e. The zero-order valence-corrected chi connectivity index (χ0v) is 13.8. The van der Waals surface area contributed by atoms with E-state index in [1.54, 1.807) is 26.8 Å². The summed E-state index contributed by atoms with van der Waals surface area (Å²) in [6.07, 6.45) is 0.0985. The number of hydrogen-bond donors (Lipinski definition) is 1. The van der Waals surface area contributed by atoms with E-state index in [9.17, 15) is 14.3 Å². The van der Waals surface area contributed by atoms with E-state index in [-0.39, 0.29) is 23.4 Å². The molecule has 4 nitrogen and oxygen atoms in total. The first kappa shape index (κ1) is 17.0. The second kappa shape index (κ2) is 6.05. The van der Waals surface area contributed by atoms with Crippen molar-refractivity contribution in [2.45, 2.75) is 44.8 Å². The van der Waals surface area contributed by atoms with Gasteiger partial charge in [-0.3, -0.25) is 0 Å². The molecule has 2 rings (SSSR count). The fourth-order valence-electron chi connectivity index (χ4n) is 2.52. The van der Waals surface area contributed by atoms with Crippen molar-refractivity contribution in [1.29, 1.82) is 0 Å². The minimum atomic E-state index is -1.28. The smallest absolute Gasteiger partial charge is 0.410 e. The Kier molecular flexibility index (Phi) is 4.68. The molecule has 0 aliphatic carbocycles. The minimum Gasteiger partial charge on any atom is -0.444 e. The van der Waals surface area contributed by atoms with Gasteiger partial charge in [-0.2, -0.15) is 0 Å².